The van der Waals surface area contributed by atoms with Crippen molar-refractivity contribution in [2.24, 2.45) is 0 Å². The molecule has 0 saturated heterocycles. The summed E-state index contributed by atoms with van der Waals surface area (Å²) >= 11 is 11.0. The molecule has 4 nitrogen and oxygen atoms in total. The van der Waals surface area contributed by atoms with Gasteiger partial charge in [0, 0.05) is 6.07 Å². The van der Waals surface area contributed by atoms with Gasteiger partial charge in [-0.2, -0.15) is 0 Å². The maximum absolute atomic E-state index is 13.5. The molecule has 3 aromatic rings. The van der Waals surface area contributed by atoms with E-state index in [1.54, 1.807) is 10.8 Å². The Bertz CT molecular complexity index is 820. The normalized spacial score (nSPS) is 11.3. The molecule has 0 aliphatic rings. The van der Waals surface area contributed by atoms with Crippen molar-refractivity contribution in [3.8, 4) is 0 Å². The Kier molecular flexibility index (Phi) is 2.91. The third kappa shape index (κ3) is 2.17. The van der Waals surface area contributed by atoms with Crippen LogP contribution in [0.4, 0.5) is 4.39 Å². The van der Waals surface area contributed by atoms with E-state index in [1.807, 2.05) is 6.92 Å². The molecule has 19 heavy (non-hydrogen) atoms. The number of nitrogens with zero attached hydrogens (tertiary/aromatic N) is 2. The minimum atomic E-state index is -0.486. The third-order valence-electron chi connectivity index (χ3n) is 2.78. The molecule has 0 aliphatic carbocycles. The molecular formula is C12H9ClFN3OS. The quantitative estimate of drug-likeness (QED) is 0.731. The lowest BCUT2D eigenvalue weighted by Gasteiger charge is -2.01. The lowest BCUT2D eigenvalue weighted by atomic mass is 10.3. The fourth-order valence-corrected chi connectivity index (χ4v) is 2.36. The Balaban J connectivity index is 2.15. The number of benzene rings is 1. The van der Waals surface area contributed by atoms with Crippen LogP contribution in [-0.4, -0.2) is 14.5 Å². The fraction of sp³-hybridized carbons (Fsp3) is 0.167. The van der Waals surface area contributed by atoms with Crippen LogP contribution in [0.1, 0.15) is 11.7 Å². The smallest absolute Gasteiger partial charge is 0.214 e. The van der Waals surface area contributed by atoms with Crippen LogP contribution in [-0.2, 0) is 6.54 Å². The van der Waals surface area contributed by atoms with Crippen molar-refractivity contribution in [1.82, 2.24) is 14.5 Å². The zero-order valence-electron chi connectivity index (χ0n) is 9.91. The standard InChI is InChI=1S/C12H9ClFN3OS/c1-6-4-15-11(18-6)5-17-10-3-8(14)7(13)2-9(10)16-12(17)19/h2-4H,5H2,1H3,(H,16,19). The van der Waals surface area contributed by atoms with Crippen LogP contribution in [0, 0.1) is 17.5 Å². The van der Waals surface area contributed by atoms with Gasteiger partial charge < -0.3 is 14.0 Å². The number of fused-ring (bicyclic) bond motifs is 1. The summed E-state index contributed by atoms with van der Waals surface area (Å²) in [5.74, 6) is 0.751. The molecule has 7 heteroatoms. The van der Waals surface area contributed by atoms with Gasteiger partial charge in [0.1, 0.15) is 18.1 Å². The van der Waals surface area contributed by atoms with Crippen LogP contribution < -0.4 is 0 Å². The molecular weight excluding hydrogens is 289 g/mol. The van der Waals surface area contributed by atoms with Crippen molar-refractivity contribution in [2.75, 3.05) is 0 Å². The van der Waals surface area contributed by atoms with Gasteiger partial charge >= 0.3 is 0 Å². The van der Waals surface area contributed by atoms with Crippen molar-refractivity contribution in [2.45, 2.75) is 13.5 Å². The number of nitrogens with one attached hydrogen (secondary N) is 1. The highest BCUT2D eigenvalue weighted by Crippen LogP contribution is 2.23. The molecule has 2 heterocycles. The van der Waals surface area contributed by atoms with Crippen molar-refractivity contribution < 1.29 is 8.81 Å². The maximum atomic E-state index is 13.5. The zero-order chi connectivity index (χ0) is 13.6. The summed E-state index contributed by atoms with van der Waals surface area (Å²) in [7, 11) is 0. The van der Waals surface area contributed by atoms with E-state index in [0.29, 0.717) is 28.2 Å². The Hall–Kier alpha value is -1.66. The average Bonchev–Trinajstić information content (AvgIpc) is 2.87. The summed E-state index contributed by atoms with van der Waals surface area (Å²) in [4.78, 5) is 7.09. The van der Waals surface area contributed by atoms with Crippen LogP contribution in [0.2, 0.25) is 5.02 Å². The van der Waals surface area contributed by atoms with Crippen molar-refractivity contribution in [3.05, 3.63) is 45.6 Å². The largest absolute Gasteiger partial charge is 0.444 e. The first-order valence-corrected chi connectivity index (χ1v) is 6.32. The molecule has 0 unspecified atom stereocenters. The van der Waals surface area contributed by atoms with E-state index in [-0.39, 0.29) is 5.02 Å². The monoisotopic (exact) mass is 297 g/mol. The molecule has 2 aromatic heterocycles. The molecule has 0 amide bonds. The Labute approximate surface area is 117 Å². The number of aryl methyl sites for hydroxylation is 1. The second-order valence-corrected chi connectivity index (χ2v) is 4.96. The molecule has 0 aliphatic heterocycles. The number of imidazole rings is 1. The molecule has 0 saturated carbocycles. The van der Waals surface area contributed by atoms with Gasteiger partial charge in [-0.15, -0.1) is 0 Å². The number of hydrogen-bond donors (Lipinski definition) is 1. The van der Waals surface area contributed by atoms with Gasteiger partial charge in [0.05, 0.1) is 22.3 Å². The van der Waals surface area contributed by atoms with E-state index in [9.17, 15) is 4.39 Å². The van der Waals surface area contributed by atoms with Crippen molar-refractivity contribution in [1.29, 1.82) is 0 Å². The number of aromatic nitrogens is 3. The number of H-pyrrole nitrogens is 1. The number of aromatic amines is 1. The molecule has 0 bridgehead atoms. The van der Waals surface area contributed by atoms with Gasteiger partial charge in [0.15, 0.2) is 4.77 Å². The van der Waals surface area contributed by atoms with E-state index in [0.717, 1.165) is 5.76 Å². The second kappa shape index (κ2) is 4.47. The highest BCUT2D eigenvalue weighted by molar-refractivity contribution is 7.71. The number of rotatable bonds is 2. The minimum Gasteiger partial charge on any atom is -0.444 e. The van der Waals surface area contributed by atoms with Gasteiger partial charge in [-0.05, 0) is 25.2 Å². The SMILES string of the molecule is Cc1cnc(Cn2c(=S)[nH]c3cc(Cl)c(F)cc32)o1. The van der Waals surface area contributed by atoms with E-state index < -0.39 is 5.82 Å². The molecule has 1 aromatic carbocycles. The Morgan fingerprint density at radius 1 is 1.53 bits per heavy atom. The maximum Gasteiger partial charge on any atom is 0.214 e. The van der Waals surface area contributed by atoms with E-state index in [1.165, 1.54) is 12.1 Å². The van der Waals surface area contributed by atoms with Crippen LogP contribution in [0.15, 0.2) is 22.7 Å². The summed E-state index contributed by atoms with van der Waals surface area (Å²) in [6.07, 6.45) is 1.63. The van der Waals surface area contributed by atoms with E-state index >= 15 is 0 Å². The summed E-state index contributed by atoms with van der Waals surface area (Å²) < 4.78 is 21.1. The predicted molar refractivity (Wildman–Crippen MR) is 72.4 cm³/mol. The summed E-state index contributed by atoms with van der Waals surface area (Å²) in [6, 6.07) is 2.86. The lowest BCUT2D eigenvalue weighted by molar-refractivity contribution is 0.458. The Morgan fingerprint density at radius 3 is 3.00 bits per heavy atom. The van der Waals surface area contributed by atoms with Gasteiger partial charge in [-0.1, -0.05) is 11.6 Å². The number of hydrogen-bond acceptors (Lipinski definition) is 3. The van der Waals surface area contributed by atoms with Crippen molar-refractivity contribution in [3.63, 3.8) is 0 Å². The first-order chi connectivity index (χ1) is 9.04. The van der Waals surface area contributed by atoms with Crippen LogP contribution in [0.5, 0.6) is 0 Å². The summed E-state index contributed by atoms with van der Waals surface area (Å²) in [6.45, 7) is 2.15. The molecule has 0 spiro atoms. The molecule has 0 fully saturated rings. The number of halogens is 2. The third-order valence-corrected chi connectivity index (χ3v) is 3.39. The summed E-state index contributed by atoms with van der Waals surface area (Å²) in [5, 5.41) is 0.0582. The average molecular weight is 298 g/mol. The Morgan fingerprint density at radius 2 is 2.32 bits per heavy atom. The second-order valence-electron chi connectivity index (χ2n) is 4.16. The van der Waals surface area contributed by atoms with Crippen LogP contribution in [0.25, 0.3) is 11.0 Å². The molecule has 1 N–H and O–H groups in total. The highest BCUT2D eigenvalue weighted by atomic mass is 35.5. The molecule has 98 valence electrons. The molecule has 0 radical (unpaired) electrons. The van der Waals surface area contributed by atoms with Crippen molar-refractivity contribution >= 4 is 34.9 Å². The zero-order valence-corrected chi connectivity index (χ0v) is 11.5. The minimum absolute atomic E-state index is 0.0582. The topological polar surface area (TPSA) is 46.8 Å². The lowest BCUT2D eigenvalue weighted by Crippen LogP contribution is -2.00. The fourth-order valence-electron chi connectivity index (χ4n) is 1.92. The number of oxazole rings is 1. The molecule has 0 atom stereocenters. The van der Waals surface area contributed by atoms with E-state index in [4.69, 9.17) is 28.2 Å². The first-order valence-electron chi connectivity index (χ1n) is 5.53. The van der Waals surface area contributed by atoms with Gasteiger partial charge in [0.2, 0.25) is 5.89 Å². The van der Waals surface area contributed by atoms with Crippen LogP contribution in [0.3, 0.4) is 0 Å². The first kappa shape index (κ1) is 12.4. The van der Waals surface area contributed by atoms with E-state index in [2.05, 4.69) is 9.97 Å². The van der Waals surface area contributed by atoms with Gasteiger partial charge in [-0.3, -0.25) is 0 Å². The van der Waals surface area contributed by atoms with Gasteiger partial charge in [-0.25, -0.2) is 9.37 Å². The predicted octanol–water partition coefficient (Wildman–Crippen LogP) is 3.84. The summed E-state index contributed by atoms with van der Waals surface area (Å²) in [5.41, 5.74) is 1.31. The highest BCUT2D eigenvalue weighted by Gasteiger charge is 2.11. The van der Waals surface area contributed by atoms with Crippen LogP contribution >= 0.6 is 23.8 Å². The molecule has 3 rings (SSSR count). The van der Waals surface area contributed by atoms with Gasteiger partial charge in [0.25, 0.3) is 0 Å².